The van der Waals surface area contributed by atoms with E-state index in [1.165, 1.54) is 0 Å². The third-order valence-electron chi connectivity index (χ3n) is 2.62. The van der Waals surface area contributed by atoms with Crippen molar-refractivity contribution in [2.24, 2.45) is 0 Å². The zero-order chi connectivity index (χ0) is 15.1. The van der Waals surface area contributed by atoms with Gasteiger partial charge in [0.1, 0.15) is 6.04 Å². The van der Waals surface area contributed by atoms with Crippen LogP contribution in [-0.2, 0) is 15.3 Å². The van der Waals surface area contributed by atoms with Crippen LogP contribution in [0.1, 0.15) is 28.8 Å². The summed E-state index contributed by atoms with van der Waals surface area (Å²) in [5.41, 5.74) is 1.15. The highest BCUT2D eigenvalue weighted by atomic mass is 32.1. The number of aliphatic carboxylic acids is 2. The van der Waals surface area contributed by atoms with Gasteiger partial charge in [0.2, 0.25) is 0 Å². The second-order valence-electron chi connectivity index (χ2n) is 4.16. The maximum Gasteiger partial charge on any atom is 0.326 e. The van der Waals surface area contributed by atoms with E-state index < -0.39 is 23.9 Å². The molecule has 0 aliphatic rings. The SMILES string of the molecule is O=C(O)CCC(NC(=O)c1cccc(CS)c1)C(=O)O. The van der Waals surface area contributed by atoms with Crippen molar-refractivity contribution >= 4 is 30.5 Å². The summed E-state index contributed by atoms with van der Waals surface area (Å²) in [5, 5.41) is 19.8. The molecule has 0 aromatic heterocycles. The molecular formula is C13H15NO5S. The Morgan fingerprint density at radius 2 is 1.95 bits per heavy atom. The maximum absolute atomic E-state index is 11.9. The van der Waals surface area contributed by atoms with Crippen LogP contribution in [0.15, 0.2) is 24.3 Å². The number of nitrogens with one attached hydrogen (secondary N) is 1. The summed E-state index contributed by atoms with van der Waals surface area (Å²) >= 11 is 4.09. The van der Waals surface area contributed by atoms with Crippen LogP contribution in [0.2, 0.25) is 0 Å². The second kappa shape index (κ2) is 7.54. The van der Waals surface area contributed by atoms with E-state index in [1.807, 2.05) is 0 Å². The molecule has 7 heteroatoms. The fourth-order valence-corrected chi connectivity index (χ4v) is 1.77. The molecule has 1 atom stereocenters. The van der Waals surface area contributed by atoms with Gasteiger partial charge >= 0.3 is 11.9 Å². The fourth-order valence-electron chi connectivity index (χ4n) is 1.58. The zero-order valence-electron chi connectivity index (χ0n) is 10.6. The monoisotopic (exact) mass is 297 g/mol. The first-order valence-electron chi connectivity index (χ1n) is 5.89. The van der Waals surface area contributed by atoms with Crippen LogP contribution < -0.4 is 5.32 Å². The van der Waals surface area contributed by atoms with Crippen molar-refractivity contribution in [2.45, 2.75) is 24.6 Å². The van der Waals surface area contributed by atoms with Crippen LogP contribution in [0.3, 0.4) is 0 Å². The molecule has 0 radical (unpaired) electrons. The van der Waals surface area contributed by atoms with Gasteiger partial charge in [0, 0.05) is 17.7 Å². The number of hydrogen-bond donors (Lipinski definition) is 4. The van der Waals surface area contributed by atoms with E-state index in [4.69, 9.17) is 10.2 Å². The Kier molecular flexibility index (Phi) is 6.05. The van der Waals surface area contributed by atoms with Gasteiger partial charge in [0.25, 0.3) is 5.91 Å². The maximum atomic E-state index is 11.9. The Hall–Kier alpha value is -2.02. The van der Waals surface area contributed by atoms with Crippen LogP contribution in [0, 0.1) is 0 Å². The highest BCUT2D eigenvalue weighted by Gasteiger charge is 2.21. The zero-order valence-corrected chi connectivity index (χ0v) is 11.5. The number of carboxylic acid groups (broad SMARTS) is 2. The fraction of sp³-hybridized carbons (Fsp3) is 0.308. The predicted molar refractivity (Wildman–Crippen MR) is 74.9 cm³/mol. The number of amides is 1. The van der Waals surface area contributed by atoms with Crippen LogP contribution in [0.5, 0.6) is 0 Å². The van der Waals surface area contributed by atoms with Crippen molar-refractivity contribution in [1.82, 2.24) is 5.32 Å². The molecule has 1 rings (SSSR count). The molecule has 3 N–H and O–H groups in total. The van der Waals surface area contributed by atoms with E-state index >= 15 is 0 Å². The van der Waals surface area contributed by atoms with Crippen molar-refractivity contribution in [2.75, 3.05) is 0 Å². The standard InChI is InChI=1S/C13H15NO5S/c15-11(16)5-4-10(13(18)19)14-12(17)9-3-1-2-8(6-9)7-20/h1-3,6,10,20H,4-5,7H2,(H,14,17)(H,15,16)(H,18,19). The highest BCUT2D eigenvalue weighted by Crippen LogP contribution is 2.08. The quantitative estimate of drug-likeness (QED) is 0.566. The lowest BCUT2D eigenvalue weighted by Crippen LogP contribution is -2.41. The van der Waals surface area contributed by atoms with E-state index in [1.54, 1.807) is 24.3 Å². The molecule has 1 aromatic carbocycles. The first-order valence-corrected chi connectivity index (χ1v) is 6.52. The van der Waals surface area contributed by atoms with Crippen molar-refractivity contribution in [3.63, 3.8) is 0 Å². The first kappa shape index (κ1) is 16.0. The largest absolute Gasteiger partial charge is 0.481 e. The van der Waals surface area contributed by atoms with Crippen LogP contribution in [-0.4, -0.2) is 34.1 Å². The van der Waals surface area contributed by atoms with Crippen molar-refractivity contribution in [1.29, 1.82) is 0 Å². The Labute approximate surface area is 121 Å². The molecule has 20 heavy (non-hydrogen) atoms. The molecule has 0 fully saturated rings. The third kappa shape index (κ3) is 4.93. The van der Waals surface area contributed by atoms with Gasteiger partial charge in [-0.15, -0.1) is 0 Å². The van der Waals surface area contributed by atoms with E-state index in [9.17, 15) is 14.4 Å². The van der Waals surface area contributed by atoms with E-state index in [0.717, 1.165) is 5.56 Å². The lowest BCUT2D eigenvalue weighted by Gasteiger charge is -2.13. The molecular weight excluding hydrogens is 282 g/mol. The summed E-state index contributed by atoms with van der Waals surface area (Å²) in [5.74, 6) is -2.46. The number of carboxylic acids is 2. The van der Waals surface area contributed by atoms with E-state index in [2.05, 4.69) is 17.9 Å². The Balaban J connectivity index is 2.74. The van der Waals surface area contributed by atoms with Crippen molar-refractivity contribution < 1.29 is 24.6 Å². The number of benzene rings is 1. The predicted octanol–water partition coefficient (Wildman–Crippen LogP) is 1.16. The molecule has 0 saturated heterocycles. The molecule has 1 aromatic rings. The summed E-state index contributed by atoms with van der Waals surface area (Å²) < 4.78 is 0. The molecule has 0 bridgehead atoms. The van der Waals surface area contributed by atoms with Crippen LogP contribution in [0.25, 0.3) is 0 Å². The van der Waals surface area contributed by atoms with E-state index in [-0.39, 0.29) is 12.8 Å². The molecule has 0 heterocycles. The minimum atomic E-state index is -1.26. The number of thiol groups is 1. The summed E-state index contributed by atoms with van der Waals surface area (Å²) in [6.07, 6.45) is -0.489. The second-order valence-corrected chi connectivity index (χ2v) is 4.47. The van der Waals surface area contributed by atoms with Crippen LogP contribution >= 0.6 is 12.6 Å². The van der Waals surface area contributed by atoms with Gasteiger partial charge in [-0.05, 0) is 24.1 Å². The number of carbonyl (C=O) groups is 3. The average molecular weight is 297 g/mol. The van der Waals surface area contributed by atoms with Gasteiger partial charge < -0.3 is 15.5 Å². The van der Waals surface area contributed by atoms with Gasteiger partial charge in [-0.25, -0.2) is 4.79 Å². The number of carbonyl (C=O) groups excluding carboxylic acids is 1. The summed E-state index contributed by atoms with van der Waals surface area (Å²) in [4.78, 5) is 33.4. The minimum absolute atomic E-state index is 0.164. The summed E-state index contributed by atoms with van der Waals surface area (Å²) in [7, 11) is 0. The number of hydrogen-bond acceptors (Lipinski definition) is 4. The molecule has 6 nitrogen and oxygen atoms in total. The van der Waals surface area contributed by atoms with E-state index in [0.29, 0.717) is 11.3 Å². The molecule has 1 amide bonds. The Morgan fingerprint density at radius 3 is 2.50 bits per heavy atom. The molecule has 0 spiro atoms. The highest BCUT2D eigenvalue weighted by molar-refractivity contribution is 7.79. The Bertz CT molecular complexity index is 517. The molecule has 0 aliphatic heterocycles. The summed E-state index contributed by atoms with van der Waals surface area (Å²) in [6.45, 7) is 0. The minimum Gasteiger partial charge on any atom is -0.481 e. The molecule has 0 saturated carbocycles. The smallest absolute Gasteiger partial charge is 0.326 e. The van der Waals surface area contributed by atoms with Gasteiger partial charge in [-0.3, -0.25) is 9.59 Å². The third-order valence-corrected chi connectivity index (χ3v) is 2.99. The topological polar surface area (TPSA) is 104 Å². The Morgan fingerprint density at radius 1 is 1.25 bits per heavy atom. The molecule has 0 aliphatic carbocycles. The van der Waals surface area contributed by atoms with Crippen molar-refractivity contribution in [3.05, 3.63) is 35.4 Å². The van der Waals surface area contributed by atoms with Crippen LogP contribution in [0.4, 0.5) is 0 Å². The first-order chi connectivity index (χ1) is 9.43. The van der Waals surface area contributed by atoms with Gasteiger partial charge in [0.05, 0.1) is 0 Å². The number of rotatable bonds is 7. The molecule has 1 unspecified atom stereocenters. The normalized spacial score (nSPS) is 11.7. The summed E-state index contributed by atoms with van der Waals surface area (Å²) in [6, 6.07) is 5.41. The van der Waals surface area contributed by atoms with Gasteiger partial charge in [-0.2, -0.15) is 12.6 Å². The van der Waals surface area contributed by atoms with Gasteiger partial charge in [0.15, 0.2) is 0 Å². The lowest BCUT2D eigenvalue weighted by molar-refractivity contribution is -0.140. The lowest BCUT2D eigenvalue weighted by atomic mass is 10.1. The molecule has 108 valence electrons. The van der Waals surface area contributed by atoms with Crippen molar-refractivity contribution in [3.8, 4) is 0 Å². The van der Waals surface area contributed by atoms with Gasteiger partial charge in [-0.1, -0.05) is 12.1 Å². The average Bonchev–Trinajstić information content (AvgIpc) is 2.42.